The molecule has 0 radical (unpaired) electrons. The molecule has 7 heteroatoms. The quantitative estimate of drug-likeness (QED) is 0.568. The van der Waals surface area contributed by atoms with Crippen molar-refractivity contribution in [1.29, 1.82) is 0 Å². The highest BCUT2D eigenvalue weighted by atomic mass is 35.5. The first-order valence-electron chi connectivity index (χ1n) is 9.87. The molecule has 28 heavy (non-hydrogen) atoms. The van der Waals surface area contributed by atoms with E-state index in [1.54, 1.807) is 0 Å². The van der Waals surface area contributed by atoms with Crippen molar-refractivity contribution in [3.05, 3.63) is 34.7 Å². The van der Waals surface area contributed by atoms with Crippen LogP contribution in [0.2, 0.25) is 0 Å². The number of carbonyl (C=O) groups excluding carboxylic acids is 2. The number of fused-ring (bicyclic) bond motifs is 1. The molecule has 2 aromatic rings. The molecule has 152 valence electrons. The minimum Gasteiger partial charge on any atom is -0.395 e. The number of aliphatic hydroxyl groups excluding tert-OH is 1. The molecule has 5 nitrogen and oxygen atoms in total. The molecule has 3 rings (SSSR count). The second kappa shape index (κ2) is 10.2. The topological polar surface area (TPSA) is 78.4 Å². The van der Waals surface area contributed by atoms with Gasteiger partial charge in [-0.3, -0.25) is 9.59 Å². The van der Waals surface area contributed by atoms with E-state index in [-0.39, 0.29) is 25.0 Å². The maximum atomic E-state index is 12.7. The molecule has 2 amide bonds. The van der Waals surface area contributed by atoms with Gasteiger partial charge in [0, 0.05) is 30.1 Å². The number of halogens is 1. The summed E-state index contributed by atoms with van der Waals surface area (Å²) in [6.07, 6.45) is 4.46. The second-order valence-electron chi connectivity index (χ2n) is 7.28. The second-order valence-corrected chi connectivity index (χ2v) is 8.71. The van der Waals surface area contributed by atoms with Crippen molar-refractivity contribution < 1.29 is 14.7 Å². The maximum absolute atomic E-state index is 12.7. The Kier molecular flexibility index (Phi) is 7.71. The van der Waals surface area contributed by atoms with Gasteiger partial charge in [-0.25, -0.2) is 0 Å². The number of amides is 2. The Labute approximate surface area is 174 Å². The Morgan fingerprint density at radius 2 is 1.89 bits per heavy atom. The highest BCUT2D eigenvalue weighted by molar-refractivity contribution is 7.21. The summed E-state index contributed by atoms with van der Waals surface area (Å²) in [5.41, 5.74) is 1.15. The number of nitrogens with one attached hydrogen (secondary N) is 2. The van der Waals surface area contributed by atoms with Crippen LogP contribution in [0, 0.1) is 5.92 Å². The molecule has 1 aromatic carbocycles. The monoisotopic (exact) mass is 422 g/mol. The zero-order valence-electron chi connectivity index (χ0n) is 15.9. The molecule has 1 saturated carbocycles. The number of thiophene rings is 1. The van der Waals surface area contributed by atoms with Crippen LogP contribution in [-0.2, 0) is 4.79 Å². The molecule has 0 unspecified atom stereocenters. The van der Waals surface area contributed by atoms with Gasteiger partial charge in [-0.1, -0.05) is 18.2 Å². The van der Waals surface area contributed by atoms with Crippen LogP contribution in [0.15, 0.2) is 24.3 Å². The summed E-state index contributed by atoms with van der Waals surface area (Å²) in [4.78, 5) is 25.1. The van der Waals surface area contributed by atoms with E-state index in [1.165, 1.54) is 16.7 Å². The lowest BCUT2D eigenvalue weighted by Crippen LogP contribution is -2.31. The Morgan fingerprint density at radius 3 is 2.61 bits per heavy atom. The molecule has 1 aromatic heterocycles. The lowest BCUT2D eigenvalue weighted by molar-refractivity contribution is -0.120. The molecule has 1 fully saturated rings. The van der Waals surface area contributed by atoms with Crippen LogP contribution in [0.25, 0.3) is 10.1 Å². The molecule has 1 heterocycles. The maximum Gasteiger partial charge on any atom is 0.261 e. The van der Waals surface area contributed by atoms with Crippen molar-refractivity contribution in [2.75, 3.05) is 25.6 Å². The Balaban J connectivity index is 1.71. The summed E-state index contributed by atoms with van der Waals surface area (Å²) in [6, 6.07) is 8.18. The molecule has 1 aliphatic rings. The van der Waals surface area contributed by atoms with Crippen molar-refractivity contribution in [2.45, 2.75) is 38.0 Å². The fourth-order valence-electron chi connectivity index (χ4n) is 3.98. The van der Waals surface area contributed by atoms with Crippen molar-refractivity contribution in [3.63, 3.8) is 0 Å². The first-order valence-corrected chi connectivity index (χ1v) is 11.2. The highest BCUT2D eigenvalue weighted by Crippen LogP contribution is 2.43. The number of alkyl halides is 1. The van der Waals surface area contributed by atoms with Gasteiger partial charge in [-0.05, 0) is 54.5 Å². The summed E-state index contributed by atoms with van der Waals surface area (Å²) < 4.78 is 1.13. The van der Waals surface area contributed by atoms with E-state index in [9.17, 15) is 9.59 Å². The Morgan fingerprint density at radius 1 is 1.14 bits per heavy atom. The number of benzene rings is 1. The molecule has 0 aliphatic heterocycles. The summed E-state index contributed by atoms with van der Waals surface area (Å²) in [6.45, 7) is 0.907. The lowest BCUT2D eigenvalue weighted by atomic mass is 9.77. The normalized spacial score (nSPS) is 19.5. The van der Waals surface area contributed by atoms with E-state index in [0.29, 0.717) is 30.7 Å². The third-order valence-corrected chi connectivity index (χ3v) is 6.78. The molecule has 0 atom stereocenters. The zero-order chi connectivity index (χ0) is 19.9. The number of hydrogen-bond acceptors (Lipinski definition) is 4. The smallest absolute Gasteiger partial charge is 0.261 e. The van der Waals surface area contributed by atoms with Crippen LogP contribution in [0.4, 0.5) is 0 Å². The van der Waals surface area contributed by atoms with Gasteiger partial charge in [0.25, 0.3) is 5.91 Å². The zero-order valence-corrected chi connectivity index (χ0v) is 17.5. The molecular weight excluding hydrogens is 396 g/mol. The first-order chi connectivity index (χ1) is 13.6. The van der Waals surface area contributed by atoms with Gasteiger partial charge in [0.2, 0.25) is 5.91 Å². The van der Waals surface area contributed by atoms with Crippen LogP contribution in [0.5, 0.6) is 0 Å². The number of aliphatic hydroxyl groups is 1. The van der Waals surface area contributed by atoms with Gasteiger partial charge in [0.15, 0.2) is 0 Å². The minimum atomic E-state index is -0.0966. The van der Waals surface area contributed by atoms with Crippen molar-refractivity contribution in [2.24, 2.45) is 5.92 Å². The summed E-state index contributed by atoms with van der Waals surface area (Å²) in [5, 5.41) is 16.0. The average molecular weight is 423 g/mol. The minimum absolute atomic E-state index is 0.0174. The van der Waals surface area contributed by atoms with E-state index < -0.39 is 0 Å². The van der Waals surface area contributed by atoms with Gasteiger partial charge in [0.1, 0.15) is 0 Å². The largest absolute Gasteiger partial charge is 0.395 e. The Hall–Kier alpha value is -1.63. The third kappa shape index (κ3) is 5.04. The van der Waals surface area contributed by atoms with Crippen LogP contribution in [0.3, 0.4) is 0 Å². The summed E-state index contributed by atoms with van der Waals surface area (Å²) in [7, 11) is 0. The average Bonchev–Trinajstić information content (AvgIpc) is 3.11. The lowest BCUT2D eigenvalue weighted by Gasteiger charge is -2.29. The standard InChI is InChI=1S/C21H27ClN2O3S/c22-10-9-18(26)24-13-14-5-7-15(8-6-14)19-16-3-1-2-4-17(16)28-20(19)21(27)23-11-12-25/h1-4,14-15,25H,5-13H2,(H,23,27)(H,24,26). The molecule has 1 aliphatic carbocycles. The third-order valence-electron chi connectivity index (χ3n) is 5.40. The first kappa shape index (κ1) is 21.1. The SMILES string of the molecule is O=C(CCCl)NCC1CCC(c2c(C(=O)NCCO)sc3ccccc23)CC1. The van der Waals surface area contributed by atoms with Crippen molar-refractivity contribution in [3.8, 4) is 0 Å². The van der Waals surface area contributed by atoms with Gasteiger partial charge in [-0.15, -0.1) is 22.9 Å². The summed E-state index contributed by atoms with van der Waals surface area (Å²) >= 11 is 7.14. The predicted octanol–water partition coefficient (Wildman–Crippen LogP) is 3.64. The van der Waals surface area contributed by atoms with Gasteiger partial charge >= 0.3 is 0 Å². The predicted molar refractivity (Wildman–Crippen MR) is 114 cm³/mol. The van der Waals surface area contributed by atoms with Gasteiger partial charge in [0.05, 0.1) is 11.5 Å². The molecule has 0 bridgehead atoms. The van der Waals surface area contributed by atoms with Crippen molar-refractivity contribution in [1.82, 2.24) is 10.6 Å². The van der Waals surface area contributed by atoms with Crippen LogP contribution < -0.4 is 10.6 Å². The number of hydrogen-bond donors (Lipinski definition) is 3. The number of rotatable bonds is 8. The number of carbonyl (C=O) groups is 2. The van der Waals surface area contributed by atoms with E-state index in [4.69, 9.17) is 16.7 Å². The van der Waals surface area contributed by atoms with E-state index >= 15 is 0 Å². The van der Waals surface area contributed by atoms with Crippen LogP contribution >= 0.6 is 22.9 Å². The van der Waals surface area contributed by atoms with E-state index in [0.717, 1.165) is 40.8 Å². The molecule has 0 saturated heterocycles. The van der Waals surface area contributed by atoms with Gasteiger partial charge in [-0.2, -0.15) is 0 Å². The molecule has 3 N–H and O–H groups in total. The fraction of sp³-hybridized carbons (Fsp3) is 0.524. The Bertz CT molecular complexity index is 815. The highest BCUT2D eigenvalue weighted by Gasteiger charge is 2.29. The van der Waals surface area contributed by atoms with E-state index in [1.807, 2.05) is 12.1 Å². The van der Waals surface area contributed by atoms with E-state index in [2.05, 4.69) is 22.8 Å². The molecule has 0 spiro atoms. The summed E-state index contributed by atoms with van der Waals surface area (Å²) in [5.74, 6) is 1.10. The van der Waals surface area contributed by atoms with Crippen molar-refractivity contribution >= 4 is 44.8 Å². The van der Waals surface area contributed by atoms with Crippen LogP contribution in [0.1, 0.15) is 53.3 Å². The van der Waals surface area contributed by atoms with Crippen LogP contribution in [-0.4, -0.2) is 42.5 Å². The van der Waals surface area contributed by atoms with Gasteiger partial charge < -0.3 is 15.7 Å². The fourth-order valence-corrected chi connectivity index (χ4v) is 5.35. The molecular formula is C21H27ClN2O3S.